The van der Waals surface area contributed by atoms with Crippen LogP contribution in [-0.2, 0) is 0 Å². The Morgan fingerprint density at radius 2 is 1.90 bits per heavy atom. The van der Waals surface area contributed by atoms with Crippen LogP contribution in [0, 0.1) is 17.7 Å². The molecule has 0 aliphatic rings. The highest BCUT2D eigenvalue weighted by Gasteiger charge is 2.22. The summed E-state index contributed by atoms with van der Waals surface area (Å²) < 4.78 is 14.7. The molecule has 1 aromatic rings. The van der Waals surface area contributed by atoms with Gasteiger partial charge in [0.2, 0.25) is 0 Å². The minimum atomic E-state index is -0.360. The fourth-order valence-corrected chi connectivity index (χ4v) is 2.75. The van der Waals surface area contributed by atoms with Gasteiger partial charge in [-0.25, -0.2) is 4.39 Å². The van der Waals surface area contributed by atoms with Gasteiger partial charge in [0, 0.05) is 7.05 Å². The van der Waals surface area contributed by atoms with E-state index in [2.05, 4.69) is 33.0 Å². The molecule has 21 heavy (non-hydrogen) atoms. The molecule has 3 heteroatoms. The van der Waals surface area contributed by atoms with Crippen LogP contribution in [0.2, 0.25) is 0 Å². The van der Waals surface area contributed by atoms with Gasteiger partial charge in [0.25, 0.3) is 5.91 Å². The summed E-state index contributed by atoms with van der Waals surface area (Å²) in [4.78, 5) is 11.8. The molecule has 1 aromatic carbocycles. The fraction of sp³-hybridized carbons (Fsp3) is 0.611. The van der Waals surface area contributed by atoms with Crippen LogP contribution in [-0.4, -0.2) is 13.0 Å². The van der Waals surface area contributed by atoms with E-state index in [1.165, 1.54) is 7.05 Å². The van der Waals surface area contributed by atoms with Gasteiger partial charge < -0.3 is 5.32 Å². The maximum atomic E-state index is 14.7. The van der Waals surface area contributed by atoms with E-state index in [1.807, 2.05) is 6.07 Å². The van der Waals surface area contributed by atoms with Crippen molar-refractivity contribution in [2.45, 2.75) is 52.9 Å². The van der Waals surface area contributed by atoms with Crippen LogP contribution in [0.1, 0.15) is 68.8 Å². The Morgan fingerprint density at radius 1 is 1.24 bits per heavy atom. The lowest BCUT2D eigenvalue weighted by atomic mass is 9.82. The smallest absolute Gasteiger partial charge is 0.254 e. The largest absolute Gasteiger partial charge is 0.355 e. The molecule has 0 aliphatic carbocycles. The van der Waals surface area contributed by atoms with Gasteiger partial charge in [-0.1, -0.05) is 46.2 Å². The predicted molar refractivity (Wildman–Crippen MR) is 86.1 cm³/mol. The third-order valence-corrected chi connectivity index (χ3v) is 4.08. The summed E-state index contributed by atoms with van der Waals surface area (Å²) in [6, 6.07) is 5.16. The van der Waals surface area contributed by atoms with E-state index in [9.17, 15) is 9.18 Å². The minimum absolute atomic E-state index is 0.146. The van der Waals surface area contributed by atoms with Gasteiger partial charge >= 0.3 is 0 Å². The Kier molecular flexibility index (Phi) is 6.86. The second-order valence-corrected chi connectivity index (χ2v) is 6.36. The zero-order chi connectivity index (χ0) is 16.0. The number of carbonyl (C=O) groups excluding carboxylic acids is 1. The van der Waals surface area contributed by atoms with Crippen LogP contribution in [0.15, 0.2) is 18.2 Å². The number of rotatable bonds is 7. The molecule has 2 nitrogen and oxygen atoms in total. The number of nitrogens with one attached hydrogen (secondary N) is 1. The third-order valence-electron chi connectivity index (χ3n) is 4.08. The maximum Gasteiger partial charge on any atom is 0.254 e. The van der Waals surface area contributed by atoms with Crippen LogP contribution < -0.4 is 5.32 Å². The number of amides is 1. The molecule has 1 amide bonds. The first kappa shape index (κ1) is 17.7. The van der Waals surface area contributed by atoms with Crippen molar-refractivity contribution >= 4 is 5.91 Å². The van der Waals surface area contributed by atoms with Crippen LogP contribution >= 0.6 is 0 Å². The van der Waals surface area contributed by atoms with Crippen molar-refractivity contribution in [2.75, 3.05) is 7.05 Å². The van der Waals surface area contributed by atoms with Crippen molar-refractivity contribution in [2.24, 2.45) is 11.8 Å². The summed E-state index contributed by atoms with van der Waals surface area (Å²) in [7, 11) is 1.53. The average Bonchev–Trinajstić information content (AvgIpc) is 2.45. The van der Waals surface area contributed by atoms with Gasteiger partial charge in [-0.15, -0.1) is 0 Å². The molecule has 2 atom stereocenters. The highest BCUT2D eigenvalue weighted by Crippen LogP contribution is 2.33. The number of halogens is 1. The lowest BCUT2D eigenvalue weighted by molar-refractivity contribution is 0.0958. The lowest BCUT2D eigenvalue weighted by Gasteiger charge is -2.23. The number of carbonyl (C=O) groups is 1. The van der Waals surface area contributed by atoms with E-state index in [0.29, 0.717) is 17.4 Å². The summed E-state index contributed by atoms with van der Waals surface area (Å²) in [5.41, 5.74) is 0.831. The van der Waals surface area contributed by atoms with E-state index in [4.69, 9.17) is 0 Å². The van der Waals surface area contributed by atoms with Gasteiger partial charge in [0.05, 0.1) is 5.56 Å². The quantitative estimate of drug-likeness (QED) is 0.772. The van der Waals surface area contributed by atoms with Gasteiger partial charge in [0.1, 0.15) is 5.82 Å². The second-order valence-electron chi connectivity index (χ2n) is 6.36. The molecule has 1 rings (SSSR count). The monoisotopic (exact) mass is 293 g/mol. The van der Waals surface area contributed by atoms with Gasteiger partial charge in [-0.2, -0.15) is 0 Å². The zero-order valence-electron chi connectivity index (χ0n) is 13.9. The summed E-state index contributed by atoms with van der Waals surface area (Å²) >= 11 is 0. The van der Waals surface area contributed by atoms with E-state index >= 15 is 0 Å². The van der Waals surface area contributed by atoms with Crippen molar-refractivity contribution in [1.82, 2.24) is 5.32 Å². The highest BCUT2D eigenvalue weighted by atomic mass is 19.1. The minimum Gasteiger partial charge on any atom is -0.355 e. The lowest BCUT2D eigenvalue weighted by Crippen LogP contribution is -2.20. The molecule has 2 unspecified atom stereocenters. The Labute approximate surface area is 128 Å². The molecule has 0 aliphatic heterocycles. The molecule has 0 saturated carbocycles. The summed E-state index contributed by atoms with van der Waals surface area (Å²) in [6.45, 7) is 8.68. The molecule has 0 bridgehead atoms. The first-order valence-electron chi connectivity index (χ1n) is 7.91. The Balaban J connectivity index is 3.14. The van der Waals surface area contributed by atoms with Crippen LogP contribution in [0.25, 0.3) is 0 Å². The molecule has 0 heterocycles. The number of hydrogen-bond donors (Lipinski definition) is 1. The van der Waals surface area contributed by atoms with E-state index in [-0.39, 0.29) is 23.2 Å². The standard InChI is InChI=1S/C18H28FNO/c1-6-13(4)11-14(10-12(2)3)15-8-7-9-16(17(15)19)18(21)20-5/h7-9,12-14H,6,10-11H2,1-5H3,(H,20,21). The van der Waals surface area contributed by atoms with Crippen molar-refractivity contribution in [3.63, 3.8) is 0 Å². The summed E-state index contributed by atoms with van der Waals surface area (Å²) in [5.74, 6) is 0.510. The van der Waals surface area contributed by atoms with Crippen LogP contribution in [0.4, 0.5) is 4.39 Å². The Bertz CT molecular complexity index is 470. The average molecular weight is 293 g/mol. The van der Waals surface area contributed by atoms with Gasteiger partial charge in [0.15, 0.2) is 0 Å². The molecular formula is C18H28FNO. The van der Waals surface area contributed by atoms with Crippen molar-refractivity contribution in [3.8, 4) is 0 Å². The SMILES string of the molecule is CCC(C)CC(CC(C)C)c1cccc(C(=O)NC)c1F. The highest BCUT2D eigenvalue weighted by molar-refractivity contribution is 5.94. The topological polar surface area (TPSA) is 29.1 Å². The van der Waals surface area contributed by atoms with Crippen molar-refractivity contribution < 1.29 is 9.18 Å². The van der Waals surface area contributed by atoms with Crippen LogP contribution in [0.3, 0.4) is 0 Å². The molecule has 0 aromatic heterocycles. The Hall–Kier alpha value is -1.38. The third kappa shape index (κ3) is 4.83. The molecule has 118 valence electrons. The van der Waals surface area contributed by atoms with Gasteiger partial charge in [-0.3, -0.25) is 4.79 Å². The number of hydrogen-bond acceptors (Lipinski definition) is 1. The first-order chi connectivity index (χ1) is 9.90. The molecule has 0 radical (unpaired) electrons. The van der Waals surface area contributed by atoms with Crippen molar-refractivity contribution in [3.05, 3.63) is 35.1 Å². The Morgan fingerprint density at radius 3 is 2.43 bits per heavy atom. The molecular weight excluding hydrogens is 265 g/mol. The zero-order valence-corrected chi connectivity index (χ0v) is 13.9. The van der Waals surface area contributed by atoms with Crippen LogP contribution in [0.5, 0.6) is 0 Å². The normalized spacial score (nSPS) is 14.0. The van der Waals surface area contributed by atoms with E-state index < -0.39 is 0 Å². The van der Waals surface area contributed by atoms with E-state index in [0.717, 1.165) is 19.3 Å². The number of benzene rings is 1. The summed E-state index contributed by atoms with van der Waals surface area (Å²) in [5, 5.41) is 2.50. The van der Waals surface area contributed by atoms with Crippen molar-refractivity contribution in [1.29, 1.82) is 0 Å². The first-order valence-corrected chi connectivity index (χ1v) is 7.91. The predicted octanol–water partition coefficient (Wildman–Crippen LogP) is 4.75. The fourth-order valence-electron chi connectivity index (χ4n) is 2.75. The van der Waals surface area contributed by atoms with Gasteiger partial charge in [-0.05, 0) is 42.2 Å². The second kappa shape index (κ2) is 8.16. The van der Waals surface area contributed by atoms with E-state index in [1.54, 1.807) is 12.1 Å². The molecule has 1 N–H and O–H groups in total. The molecule has 0 spiro atoms. The maximum absolute atomic E-state index is 14.7. The molecule has 0 saturated heterocycles. The summed E-state index contributed by atoms with van der Waals surface area (Å²) in [6.07, 6.45) is 2.99. The molecule has 0 fully saturated rings.